The predicted molar refractivity (Wildman–Crippen MR) is 91.9 cm³/mol. The first-order valence-electron chi connectivity index (χ1n) is 7.51. The summed E-state index contributed by atoms with van der Waals surface area (Å²) in [5, 5.41) is 9.14. The van der Waals surface area contributed by atoms with Gasteiger partial charge in [0, 0.05) is 18.3 Å². The number of benzene rings is 2. The van der Waals surface area contributed by atoms with Crippen LogP contribution in [0, 0.1) is 23.2 Å². The van der Waals surface area contributed by atoms with Crippen molar-refractivity contribution in [1.82, 2.24) is 4.90 Å². The maximum absolute atomic E-state index is 9.14. The third-order valence-electron chi connectivity index (χ3n) is 3.60. The van der Waals surface area contributed by atoms with Crippen molar-refractivity contribution in [3.05, 3.63) is 95.7 Å². The van der Waals surface area contributed by atoms with Crippen LogP contribution in [-0.2, 0) is 6.54 Å². The van der Waals surface area contributed by atoms with Gasteiger partial charge < -0.3 is 4.90 Å². The average Bonchev–Trinajstić information content (AvgIpc) is 2.62. The molecule has 0 spiro atoms. The number of allylic oxidation sites excluding steroid dienone is 2. The van der Waals surface area contributed by atoms with Gasteiger partial charge in [-0.15, -0.1) is 0 Å². The minimum absolute atomic E-state index is 0.0347. The Hall–Kier alpha value is -3.23. The molecular formula is C21H16N2. The van der Waals surface area contributed by atoms with E-state index in [0.29, 0.717) is 5.57 Å². The molecule has 0 saturated carbocycles. The molecule has 2 nitrogen and oxygen atoms in total. The van der Waals surface area contributed by atoms with Gasteiger partial charge in [0.25, 0.3) is 0 Å². The highest BCUT2D eigenvalue weighted by molar-refractivity contribution is 5.41. The van der Waals surface area contributed by atoms with Crippen LogP contribution in [0.2, 0.25) is 0 Å². The lowest BCUT2D eigenvalue weighted by atomic mass is 10.1. The predicted octanol–water partition coefficient (Wildman–Crippen LogP) is 3.89. The highest BCUT2D eigenvalue weighted by atomic mass is 15.1. The van der Waals surface area contributed by atoms with Crippen LogP contribution in [0.25, 0.3) is 0 Å². The van der Waals surface area contributed by atoms with E-state index in [1.54, 1.807) is 0 Å². The Bertz CT molecular complexity index is 815. The topological polar surface area (TPSA) is 27.0 Å². The lowest BCUT2D eigenvalue weighted by Gasteiger charge is -2.27. The summed E-state index contributed by atoms with van der Waals surface area (Å²) in [4.78, 5) is 2.10. The Balaban J connectivity index is 1.83. The van der Waals surface area contributed by atoms with Crippen molar-refractivity contribution in [3.63, 3.8) is 0 Å². The first-order valence-corrected chi connectivity index (χ1v) is 7.51. The highest BCUT2D eigenvalue weighted by Crippen LogP contribution is 2.16. The SMILES string of the molecule is N#CC1=CN(Cc2ccccc2)C(C#Cc2ccccc2)C=C1. The minimum atomic E-state index is -0.0347. The standard InChI is InChI=1S/C21H16N2/c22-15-20-12-14-21(13-11-18-7-3-1-4-8-18)23(17-20)16-19-9-5-2-6-10-19/h1-10,12,14,17,21H,16H2. The number of hydrogen-bond donors (Lipinski definition) is 0. The summed E-state index contributed by atoms with van der Waals surface area (Å²) in [7, 11) is 0. The Kier molecular flexibility index (Phi) is 4.58. The fourth-order valence-electron chi connectivity index (χ4n) is 2.42. The van der Waals surface area contributed by atoms with Crippen LogP contribution in [0.3, 0.4) is 0 Å². The Labute approximate surface area is 137 Å². The van der Waals surface area contributed by atoms with E-state index in [2.05, 4.69) is 34.9 Å². The number of hydrogen-bond acceptors (Lipinski definition) is 2. The molecule has 2 aromatic rings. The summed E-state index contributed by atoms with van der Waals surface area (Å²) in [6, 6.07) is 22.3. The number of rotatable bonds is 2. The van der Waals surface area contributed by atoms with Crippen LogP contribution in [0.4, 0.5) is 0 Å². The number of nitrogens with zero attached hydrogens (tertiary/aromatic N) is 2. The molecule has 1 aliphatic heterocycles. The maximum Gasteiger partial charge on any atom is 0.109 e. The lowest BCUT2D eigenvalue weighted by molar-refractivity contribution is 0.355. The summed E-state index contributed by atoms with van der Waals surface area (Å²) in [5.41, 5.74) is 2.84. The third kappa shape index (κ3) is 3.90. The van der Waals surface area contributed by atoms with E-state index in [4.69, 9.17) is 5.26 Å². The lowest BCUT2D eigenvalue weighted by Crippen LogP contribution is -2.29. The van der Waals surface area contributed by atoms with Gasteiger partial charge in [-0.1, -0.05) is 60.4 Å². The number of nitriles is 1. The molecule has 2 heteroatoms. The van der Waals surface area contributed by atoms with Crippen LogP contribution < -0.4 is 0 Å². The second kappa shape index (κ2) is 7.16. The second-order valence-corrected chi connectivity index (χ2v) is 5.29. The van der Waals surface area contributed by atoms with Crippen molar-refractivity contribution in [2.75, 3.05) is 0 Å². The smallest absolute Gasteiger partial charge is 0.109 e. The quantitative estimate of drug-likeness (QED) is 0.786. The molecular weight excluding hydrogens is 280 g/mol. The van der Waals surface area contributed by atoms with E-state index >= 15 is 0 Å². The fraction of sp³-hybridized carbons (Fsp3) is 0.0952. The largest absolute Gasteiger partial charge is 0.355 e. The second-order valence-electron chi connectivity index (χ2n) is 5.29. The summed E-state index contributed by atoms with van der Waals surface area (Å²) >= 11 is 0. The molecule has 0 amide bonds. The molecule has 23 heavy (non-hydrogen) atoms. The van der Waals surface area contributed by atoms with Gasteiger partial charge >= 0.3 is 0 Å². The van der Waals surface area contributed by atoms with E-state index < -0.39 is 0 Å². The molecule has 0 bridgehead atoms. The van der Waals surface area contributed by atoms with Crippen molar-refractivity contribution in [2.45, 2.75) is 12.6 Å². The summed E-state index contributed by atoms with van der Waals surface area (Å²) in [6.07, 6.45) is 5.71. The van der Waals surface area contributed by atoms with Gasteiger partial charge in [-0.05, 0) is 29.8 Å². The van der Waals surface area contributed by atoms with E-state index in [-0.39, 0.29) is 6.04 Å². The van der Waals surface area contributed by atoms with E-state index in [9.17, 15) is 0 Å². The van der Waals surface area contributed by atoms with Gasteiger partial charge in [-0.2, -0.15) is 5.26 Å². The Morgan fingerprint density at radius 2 is 1.65 bits per heavy atom. The third-order valence-corrected chi connectivity index (χ3v) is 3.60. The van der Waals surface area contributed by atoms with Gasteiger partial charge in [0.15, 0.2) is 0 Å². The zero-order chi connectivity index (χ0) is 15.9. The molecule has 0 fully saturated rings. The molecule has 0 aromatic heterocycles. The normalized spacial score (nSPS) is 16.0. The minimum Gasteiger partial charge on any atom is -0.355 e. The average molecular weight is 296 g/mol. The molecule has 2 aromatic carbocycles. The first kappa shape index (κ1) is 14.7. The van der Waals surface area contributed by atoms with Crippen molar-refractivity contribution in [2.24, 2.45) is 0 Å². The molecule has 1 atom stereocenters. The molecule has 3 rings (SSSR count). The van der Waals surface area contributed by atoms with E-state index in [1.165, 1.54) is 5.56 Å². The van der Waals surface area contributed by atoms with Crippen molar-refractivity contribution in [1.29, 1.82) is 5.26 Å². The zero-order valence-corrected chi connectivity index (χ0v) is 12.7. The Morgan fingerprint density at radius 3 is 2.35 bits per heavy atom. The van der Waals surface area contributed by atoms with Crippen molar-refractivity contribution in [3.8, 4) is 17.9 Å². The summed E-state index contributed by atoms with van der Waals surface area (Å²) < 4.78 is 0. The van der Waals surface area contributed by atoms with E-state index in [0.717, 1.165) is 12.1 Å². The highest BCUT2D eigenvalue weighted by Gasteiger charge is 2.15. The van der Waals surface area contributed by atoms with Crippen molar-refractivity contribution < 1.29 is 0 Å². The van der Waals surface area contributed by atoms with Crippen LogP contribution in [0.1, 0.15) is 11.1 Å². The summed E-state index contributed by atoms with van der Waals surface area (Å²) in [5.74, 6) is 6.50. The molecule has 0 N–H and O–H groups in total. The van der Waals surface area contributed by atoms with Gasteiger partial charge in [0.2, 0.25) is 0 Å². The van der Waals surface area contributed by atoms with Gasteiger partial charge in [-0.25, -0.2) is 0 Å². The molecule has 1 unspecified atom stereocenters. The molecule has 1 aliphatic rings. The van der Waals surface area contributed by atoms with Crippen LogP contribution in [0.15, 0.2) is 84.6 Å². The molecule has 0 radical (unpaired) electrons. The molecule has 0 saturated heterocycles. The first-order chi connectivity index (χ1) is 11.3. The van der Waals surface area contributed by atoms with Crippen LogP contribution >= 0.6 is 0 Å². The monoisotopic (exact) mass is 296 g/mol. The van der Waals surface area contributed by atoms with Gasteiger partial charge in [-0.3, -0.25) is 0 Å². The van der Waals surface area contributed by atoms with Gasteiger partial charge in [0.05, 0.1) is 5.57 Å². The van der Waals surface area contributed by atoms with Crippen LogP contribution in [0.5, 0.6) is 0 Å². The van der Waals surface area contributed by atoms with Crippen molar-refractivity contribution >= 4 is 0 Å². The molecule has 1 heterocycles. The Morgan fingerprint density at radius 1 is 0.957 bits per heavy atom. The van der Waals surface area contributed by atoms with Crippen LogP contribution in [-0.4, -0.2) is 10.9 Å². The molecule has 110 valence electrons. The van der Waals surface area contributed by atoms with E-state index in [1.807, 2.05) is 66.9 Å². The summed E-state index contributed by atoms with van der Waals surface area (Å²) in [6.45, 7) is 0.727. The zero-order valence-electron chi connectivity index (χ0n) is 12.7. The fourth-order valence-corrected chi connectivity index (χ4v) is 2.42. The van der Waals surface area contributed by atoms with Gasteiger partial charge in [0.1, 0.15) is 12.1 Å². The molecule has 0 aliphatic carbocycles. The maximum atomic E-state index is 9.14.